The summed E-state index contributed by atoms with van der Waals surface area (Å²) in [5, 5.41) is 8.51. The third kappa shape index (κ3) is 1.84. The first-order chi connectivity index (χ1) is 7.67. The Hall–Kier alpha value is -1.66. The van der Waals surface area contributed by atoms with Crippen molar-refractivity contribution in [2.45, 2.75) is 18.8 Å². The standard InChI is InChI=1S/C10H14FN5/c11-8-3-7(6-1-2-6)10(4-9(8)13)16(5-12)15-14/h3-6,12,15H,1-2,13-14H2. The summed E-state index contributed by atoms with van der Waals surface area (Å²) in [6.45, 7) is 0. The molecule has 6 heteroatoms. The van der Waals surface area contributed by atoms with Crippen molar-refractivity contribution in [1.82, 2.24) is 5.53 Å². The van der Waals surface area contributed by atoms with Crippen LogP contribution in [0.25, 0.3) is 0 Å². The number of rotatable bonds is 4. The summed E-state index contributed by atoms with van der Waals surface area (Å²) in [7, 11) is 0. The van der Waals surface area contributed by atoms with E-state index in [2.05, 4.69) is 5.53 Å². The minimum absolute atomic E-state index is 0.0569. The molecule has 5 nitrogen and oxygen atoms in total. The van der Waals surface area contributed by atoms with Crippen LogP contribution >= 0.6 is 0 Å². The van der Waals surface area contributed by atoms with Gasteiger partial charge in [-0.1, -0.05) is 0 Å². The summed E-state index contributed by atoms with van der Waals surface area (Å²) in [5.74, 6) is 5.21. The highest BCUT2D eigenvalue weighted by Gasteiger charge is 2.28. The minimum Gasteiger partial charge on any atom is -0.396 e. The zero-order valence-corrected chi connectivity index (χ0v) is 8.70. The van der Waals surface area contributed by atoms with Gasteiger partial charge < -0.3 is 5.73 Å². The molecule has 1 aromatic carbocycles. The molecule has 1 fully saturated rings. The van der Waals surface area contributed by atoms with Crippen molar-refractivity contribution in [3.05, 3.63) is 23.5 Å². The van der Waals surface area contributed by atoms with Crippen LogP contribution in [0.5, 0.6) is 0 Å². The molecule has 1 aromatic rings. The van der Waals surface area contributed by atoms with Gasteiger partial charge in [0.15, 0.2) is 0 Å². The SMILES string of the molecule is N=CN(NN)c1cc(N)c(F)cc1C1CC1. The number of hydrogen-bond donors (Lipinski definition) is 4. The van der Waals surface area contributed by atoms with Crippen molar-refractivity contribution in [3.63, 3.8) is 0 Å². The molecule has 0 radical (unpaired) electrons. The van der Waals surface area contributed by atoms with Gasteiger partial charge in [0.2, 0.25) is 0 Å². The van der Waals surface area contributed by atoms with Crippen molar-refractivity contribution in [1.29, 1.82) is 5.41 Å². The molecule has 0 heterocycles. The first kappa shape index (κ1) is 10.8. The highest BCUT2D eigenvalue weighted by molar-refractivity contribution is 5.79. The second kappa shape index (κ2) is 4.07. The van der Waals surface area contributed by atoms with E-state index < -0.39 is 5.82 Å². The monoisotopic (exact) mass is 223 g/mol. The van der Waals surface area contributed by atoms with E-state index in [1.807, 2.05) is 0 Å². The fourth-order valence-corrected chi connectivity index (χ4v) is 1.70. The zero-order valence-electron chi connectivity index (χ0n) is 8.70. The zero-order chi connectivity index (χ0) is 11.7. The molecule has 0 amide bonds. The summed E-state index contributed by atoms with van der Waals surface area (Å²) >= 11 is 0. The van der Waals surface area contributed by atoms with E-state index in [1.54, 1.807) is 0 Å². The molecule has 0 atom stereocenters. The van der Waals surface area contributed by atoms with E-state index in [0.717, 1.165) is 24.7 Å². The smallest absolute Gasteiger partial charge is 0.146 e. The van der Waals surface area contributed by atoms with E-state index in [0.29, 0.717) is 11.6 Å². The second-order valence-corrected chi connectivity index (χ2v) is 3.84. The van der Waals surface area contributed by atoms with Gasteiger partial charge in [-0.25, -0.2) is 4.39 Å². The first-order valence-electron chi connectivity index (χ1n) is 5.02. The first-order valence-corrected chi connectivity index (χ1v) is 5.02. The van der Waals surface area contributed by atoms with Gasteiger partial charge in [0.25, 0.3) is 0 Å². The maximum absolute atomic E-state index is 13.4. The van der Waals surface area contributed by atoms with Gasteiger partial charge in [-0.05, 0) is 36.5 Å². The average Bonchev–Trinajstić information content (AvgIpc) is 3.08. The van der Waals surface area contributed by atoms with Crippen molar-refractivity contribution in [3.8, 4) is 0 Å². The molecule has 0 spiro atoms. The largest absolute Gasteiger partial charge is 0.396 e. The molecule has 0 saturated heterocycles. The van der Waals surface area contributed by atoms with Crippen LogP contribution in [0.15, 0.2) is 12.1 Å². The van der Waals surface area contributed by atoms with E-state index in [4.69, 9.17) is 17.0 Å². The molecule has 0 unspecified atom stereocenters. The summed E-state index contributed by atoms with van der Waals surface area (Å²) in [5.41, 5.74) is 9.40. The third-order valence-corrected chi connectivity index (χ3v) is 2.69. The number of anilines is 2. The molecule has 6 N–H and O–H groups in total. The molecule has 2 rings (SSSR count). The molecular weight excluding hydrogens is 209 g/mol. The van der Waals surface area contributed by atoms with Crippen LogP contribution < -0.4 is 22.1 Å². The average molecular weight is 223 g/mol. The van der Waals surface area contributed by atoms with E-state index in [-0.39, 0.29) is 5.69 Å². The van der Waals surface area contributed by atoms with Gasteiger partial charge >= 0.3 is 0 Å². The Kier molecular flexibility index (Phi) is 2.76. The quantitative estimate of drug-likeness (QED) is 0.202. The van der Waals surface area contributed by atoms with Crippen LogP contribution in [-0.2, 0) is 0 Å². The number of nitrogen functional groups attached to an aromatic ring is 1. The number of hydrogen-bond acceptors (Lipinski definition) is 4. The summed E-state index contributed by atoms with van der Waals surface area (Å²) in [6, 6.07) is 2.92. The van der Waals surface area contributed by atoms with E-state index in [9.17, 15) is 4.39 Å². The Balaban J connectivity index is 2.47. The van der Waals surface area contributed by atoms with E-state index >= 15 is 0 Å². The van der Waals surface area contributed by atoms with Gasteiger partial charge in [0.05, 0.1) is 11.4 Å². The van der Waals surface area contributed by atoms with Crippen LogP contribution in [0, 0.1) is 11.2 Å². The molecule has 1 aliphatic rings. The maximum Gasteiger partial charge on any atom is 0.146 e. The maximum atomic E-state index is 13.4. The molecule has 0 aliphatic heterocycles. The van der Waals surface area contributed by atoms with Crippen molar-refractivity contribution in [2.24, 2.45) is 5.84 Å². The Morgan fingerprint density at radius 2 is 2.19 bits per heavy atom. The Labute approximate surface area is 92.7 Å². The number of nitrogens with zero attached hydrogens (tertiary/aromatic N) is 1. The normalized spacial score (nSPS) is 14.9. The molecule has 0 aromatic heterocycles. The van der Waals surface area contributed by atoms with Gasteiger partial charge in [-0.3, -0.25) is 16.3 Å². The molecular formula is C10H14FN5. The van der Waals surface area contributed by atoms with Gasteiger partial charge in [0, 0.05) is 0 Å². The fraction of sp³-hybridized carbons (Fsp3) is 0.300. The number of benzene rings is 1. The van der Waals surface area contributed by atoms with Crippen molar-refractivity contribution >= 4 is 17.7 Å². The predicted molar refractivity (Wildman–Crippen MR) is 61.4 cm³/mol. The highest BCUT2D eigenvalue weighted by Crippen LogP contribution is 2.45. The lowest BCUT2D eigenvalue weighted by Crippen LogP contribution is -2.42. The van der Waals surface area contributed by atoms with E-state index in [1.165, 1.54) is 17.1 Å². The predicted octanol–water partition coefficient (Wildman–Crippen LogP) is 1.08. The lowest BCUT2D eigenvalue weighted by Gasteiger charge is -2.21. The second-order valence-electron chi connectivity index (χ2n) is 3.84. The molecule has 0 bridgehead atoms. The lowest BCUT2D eigenvalue weighted by atomic mass is 10.1. The topological polar surface area (TPSA) is 91.2 Å². The Bertz CT molecular complexity index is 416. The highest BCUT2D eigenvalue weighted by atomic mass is 19.1. The third-order valence-electron chi connectivity index (χ3n) is 2.69. The Morgan fingerprint density at radius 3 is 2.69 bits per heavy atom. The minimum atomic E-state index is -0.424. The van der Waals surface area contributed by atoms with Crippen LogP contribution in [0.3, 0.4) is 0 Å². The Morgan fingerprint density at radius 1 is 1.50 bits per heavy atom. The van der Waals surface area contributed by atoms with Crippen LogP contribution in [-0.4, -0.2) is 6.34 Å². The number of hydrazine groups is 2. The summed E-state index contributed by atoms with van der Waals surface area (Å²) < 4.78 is 13.4. The van der Waals surface area contributed by atoms with Crippen LogP contribution in [0.4, 0.5) is 15.8 Å². The fourth-order valence-electron chi connectivity index (χ4n) is 1.70. The molecule has 86 valence electrons. The number of nitrogens with two attached hydrogens (primary N) is 2. The van der Waals surface area contributed by atoms with Gasteiger partial charge in [-0.15, -0.1) is 0 Å². The van der Waals surface area contributed by atoms with Crippen molar-refractivity contribution in [2.75, 3.05) is 10.7 Å². The summed E-state index contributed by atoms with van der Waals surface area (Å²) in [4.78, 5) is 0. The summed E-state index contributed by atoms with van der Waals surface area (Å²) in [6.07, 6.45) is 3.10. The molecule has 16 heavy (non-hydrogen) atoms. The number of halogens is 1. The van der Waals surface area contributed by atoms with Crippen molar-refractivity contribution < 1.29 is 4.39 Å². The molecule has 1 saturated carbocycles. The van der Waals surface area contributed by atoms with Gasteiger partial charge in [0.1, 0.15) is 12.2 Å². The number of nitrogens with one attached hydrogen (secondary N) is 2. The van der Waals surface area contributed by atoms with Crippen LogP contribution in [0.2, 0.25) is 0 Å². The lowest BCUT2D eigenvalue weighted by molar-refractivity contribution is 0.629. The molecule has 1 aliphatic carbocycles. The van der Waals surface area contributed by atoms with Crippen LogP contribution in [0.1, 0.15) is 24.3 Å². The van der Waals surface area contributed by atoms with Gasteiger partial charge in [-0.2, -0.15) is 5.53 Å².